The van der Waals surface area contributed by atoms with Crippen LogP contribution in [0.4, 0.5) is 5.69 Å². The Bertz CT molecular complexity index is 2170. The molecular formula is C41H43N5O9S. The molecule has 2 aromatic carbocycles. The molecule has 15 heteroatoms. The Hall–Kier alpha value is -6.45. The van der Waals surface area contributed by atoms with Crippen molar-refractivity contribution < 1.29 is 41.7 Å². The number of ether oxygens (including phenoxy) is 1. The van der Waals surface area contributed by atoms with Gasteiger partial charge in [0.1, 0.15) is 11.9 Å². The van der Waals surface area contributed by atoms with Gasteiger partial charge < -0.3 is 21.1 Å². The quantitative estimate of drug-likeness (QED) is 0.0385. The number of aryl methyl sites for hydroxylation is 2. The molecule has 1 aliphatic carbocycles. The van der Waals surface area contributed by atoms with Gasteiger partial charge in [-0.1, -0.05) is 73.7 Å². The highest BCUT2D eigenvalue weighted by Crippen LogP contribution is 2.18. The van der Waals surface area contributed by atoms with Crippen LogP contribution in [0, 0.1) is 5.41 Å². The van der Waals surface area contributed by atoms with Crippen molar-refractivity contribution in [2.45, 2.75) is 44.8 Å². The lowest BCUT2D eigenvalue weighted by Gasteiger charge is -2.15. The molecule has 0 spiro atoms. The molecule has 14 nitrogen and oxygen atoms in total. The maximum Gasteiger partial charge on any atom is 0.306 e. The van der Waals surface area contributed by atoms with E-state index in [9.17, 15) is 36.9 Å². The molecule has 0 fully saturated rings. The third-order valence-electron chi connectivity index (χ3n) is 8.59. The standard InChI is InChI=1S/C41H43N5O9S/c1-3-28-11-16-31(17-12-28)45-41(51)35(8-6-4-5-7-34(27(2)42)40(50)44-32-18-20-33(21-19-32)56(52,53)54)39(43)30-14-9-29(10-15-30)13-24-38(49)55-26-25-46-36(47)22-23-37(46)48/h4-12,14-20,22-23,33,43H,3,13,21,24-26,42H2,1-2H3,(H,44,50)(H,45,51)(H,52,53,54)/b6-4+,7-5+,34-27-,35-8-,43-39?. The number of imide groups is 1. The van der Waals surface area contributed by atoms with Crippen LogP contribution < -0.4 is 16.4 Å². The zero-order chi connectivity index (χ0) is 40.8. The smallest absolute Gasteiger partial charge is 0.306 e. The summed E-state index contributed by atoms with van der Waals surface area (Å²) < 4.78 is 37.2. The summed E-state index contributed by atoms with van der Waals surface area (Å²) in [6.07, 6.45) is 15.2. The fraction of sp³-hybridized carbons (Fsp3) is 0.220. The van der Waals surface area contributed by atoms with E-state index in [4.69, 9.17) is 15.9 Å². The summed E-state index contributed by atoms with van der Waals surface area (Å²) in [5, 5.41) is 13.3. The van der Waals surface area contributed by atoms with Crippen molar-refractivity contribution in [1.29, 1.82) is 5.41 Å². The first-order valence-electron chi connectivity index (χ1n) is 17.6. The van der Waals surface area contributed by atoms with Gasteiger partial charge in [0.05, 0.1) is 23.4 Å². The van der Waals surface area contributed by atoms with E-state index in [-0.39, 0.29) is 48.5 Å². The second-order valence-electron chi connectivity index (χ2n) is 12.6. The van der Waals surface area contributed by atoms with E-state index in [1.165, 1.54) is 42.5 Å². The Morgan fingerprint density at radius 2 is 1.61 bits per heavy atom. The second kappa shape index (κ2) is 19.8. The first-order valence-corrected chi connectivity index (χ1v) is 19.1. The van der Waals surface area contributed by atoms with Crippen LogP contribution in [0.15, 0.2) is 132 Å². The summed E-state index contributed by atoms with van der Waals surface area (Å²) in [5.74, 6) is -2.48. The highest BCUT2D eigenvalue weighted by atomic mass is 32.2. The van der Waals surface area contributed by atoms with Gasteiger partial charge in [0.2, 0.25) is 0 Å². The van der Waals surface area contributed by atoms with Crippen LogP contribution in [-0.2, 0) is 51.7 Å². The molecular weight excluding hydrogens is 739 g/mol. The van der Waals surface area contributed by atoms with Crippen molar-refractivity contribution >= 4 is 51.1 Å². The van der Waals surface area contributed by atoms with Crippen molar-refractivity contribution in [2.75, 3.05) is 18.5 Å². The third-order valence-corrected chi connectivity index (χ3v) is 9.71. The number of rotatable bonds is 17. The number of carbonyl (C=O) groups is 5. The summed E-state index contributed by atoms with van der Waals surface area (Å²) in [7, 11) is -4.26. The molecule has 1 heterocycles. The molecule has 4 amide bonds. The van der Waals surface area contributed by atoms with Gasteiger partial charge in [-0.3, -0.25) is 38.8 Å². The van der Waals surface area contributed by atoms with Crippen LogP contribution in [-0.4, -0.2) is 71.6 Å². The zero-order valence-corrected chi connectivity index (χ0v) is 31.7. The molecule has 1 aliphatic heterocycles. The van der Waals surface area contributed by atoms with Crippen molar-refractivity contribution in [3.63, 3.8) is 0 Å². The average molecular weight is 782 g/mol. The SMILES string of the molecule is CCc1ccc(NC(=O)\C(=C/C=C/C=C/C(C(=O)NC2=CCC(S(=O)(=O)O)C=C2)=C(\C)N)C(=N)c2ccc(CCC(=O)OCCN3C(=O)C=CC3=O)cc2)cc1. The number of nitrogens with two attached hydrogens (primary N) is 1. The molecule has 292 valence electrons. The van der Waals surface area contributed by atoms with Gasteiger partial charge in [0.25, 0.3) is 33.7 Å². The minimum absolute atomic E-state index is 0.0131. The fourth-order valence-corrected chi connectivity index (χ4v) is 5.99. The van der Waals surface area contributed by atoms with Gasteiger partial charge in [0, 0.05) is 41.2 Å². The fourth-order valence-electron chi connectivity index (χ4n) is 5.38. The maximum atomic E-state index is 13.5. The van der Waals surface area contributed by atoms with Gasteiger partial charge in [-0.15, -0.1) is 0 Å². The lowest BCUT2D eigenvalue weighted by molar-refractivity contribution is -0.147. The predicted octanol–water partition coefficient (Wildman–Crippen LogP) is 4.14. The summed E-state index contributed by atoms with van der Waals surface area (Å²) in [5.41, 5.74) is 9.47. The number of carbonyl (C=O) groups excluding carboxylic acids is 5. The van der Waals surface area contributed by atoms with Crippen molar-refractivity contribution in [3.8, 4) is 0 Å². The van der Waals surface area contributed by atoms with Crippen LogP contribution in [0.5, 0.6) is 0 Å². The van der Waals surface area contributed by atoms with E-state index in [1.807, 2.05) is 19.1 Å². The second-order valence-corrected chi connectivity index (χ2v) is 14.3. The van der Waals surface area contributed by atoms with Crippen LogP contribution in [0.25, 0.3) is 0 Å². The summed E-state index contributed by atoms with van der Waals surface area (Å²) >= 11 is 0. The normalized spacial score (nSPS) is 16.3. The van der Waals surface area contributed by atoms with Gasteiger partial charge >= 0.3 is 5.97 Å². The van der Waals surface area contributed by atoms with Crippen molar-refractivity contribution in [2.24, 2.45) is 5.73 Å². The Morgan fingerprint density at radius 1 is 0.946 bits per heavy atom. The molecule has 1 atom stereocenters. The monoisotopic (exact) mass is 781 g/mol. The summed E-state index contributed by atoms with van der Waals surface area (Å²) in [6, 6.07) is 14.2. The van der Waals surface area contributed by atoms with Crippen molar-refractivity contribution in [3.05, 3.63) is 149 Å². The van der Waals surface area contributed by atoms with E-state index in [0.717, 1.165) is 34.6 Å². The van der Waals surface area contributed by atoms with Gasteiger partial charge in [-0.05, 0) is 67.7 Å². The molecule has 0 bridgehead atoms. The lowest BCUT2D eigenvalue weighted by atomic mass is 9.98. The number of hydrogen-bond acceptors (Lipinski definition) is 10. The molecule has 0 saturated heterocycles. The highest BCUT2D eigenvalue weighted by Gasteiger charge is 2.24. The number of allylic oxidation sites excluding steroid dienone is 7. The van der Waals surface area contributed by atoms with E-state index in [1.54, 1.807) is 49.4 Å². The van der Waals surface area contributed by atoms with E-state index in [2.05, 4.69) is 10.6 Å². The van der Waals surface area contributed by atoms with Gasteiger partial charge in [-0.2, -0.15) is 8.42 Å². The number of esters is 1. The van der Waals surface area contributed by atoms with E-state index >= 15 is 0 Å². The molecule has 2 aromatic rings. The maximum absolute atomic E-state index is 13.5. The number of anilines is 1. The molecule has 6 N–H and O–H groups in total. The lowest BCUT2D eigenvalue weighted by Crippen LogP contribution is -2.33. The predicted molar refractivity (Wildman–Crippen MR) is 211 cm³/mol. The number of nitrogens with zero attached hydrogens (tertiary/aromatic N) is 1. The molecule has 1 unspecified atom stereocenters. The van der Waals surface area contributed by atoms with Gasteiger partial charge in [0.15, 0.2) is 0 Å². The first-order chi connectivity index (χ1) is 26.7. The summed E-state index contributed by atoms with van der Waals surface area (Å²) in [6.45, 7) is 3.42. The number of benzene rings is 2. The Kier molecular flexibility index (Phi) is 14.9. The molecule has 2 aliphatic rings. The van der Waals surface area contributed by atoms with Gasteiger partial charge in [-0.25, -0.2) is 0 Å². The van der Waals surface area contributed by atoms with Crippen LogP contribution in [0.3, 0.4) is 0 Å². The Balaban J connectivity index is 1.42. The van der Waals surface area contributed by atoms with Crippen LogP contribution >= 0.6 is 0 Å². The third kappa shape index (κ3) is 12.3. The highest BCUT2D eigenvalue weighted by molar-refractivity contribution is 7.86. The van der Waals surface area contributed by atoms with E-state index in [0.29, 0.717) is 23.4 Å². The minimum atomic E-state index is -4.26. The van der Waals surface area contributed by atoms with E-state index < -0.39 is 45.0 Å². The molecule has 0 radical (unpaired) electrons. The molecule has 0 aromatic heterocycles. The number of amides is 4. The van der Waals surface area contributed by atoms with Crippen LogP contribution in [0.2, 0.25) is 0 Å². The Labute approximate surface area is 325 Å². The van der Waals surface area contributed by atoms with Crippen LogP contribution in [0.1, 0.15) is 43.4 Å². The molecule has 56 heavy (non-hydrogen) atoms. The first kappa shape index (κ1) is 42.3. The summed E-state index contributed by atoms with van der Waals surface area (Å²) in [4.78, 5) is 63.0. The molecule has 0 saturated carbocycles. The topological polar surface area (TPSA) is 226 Å². The molecule has 4 rings (SSSR count). The average Bonchev–Trinajstić information content (AvgIpc) is 3.49. The largest absolute Gasteiger partial charge is 0.464 e. The zero-order valence-electron chi connectivity index (χ0n) is 30.9. The number of hydrogen-bond donors (Lipinski definition) is 5. The minimum Gasteiger partial charge on any atom is -0.464 e. The van der Waals surface area contributed by atoms with Crippen molar-refractivity contribution in [1.82, 2.24) is 10.2 Å². The number of nitrogens with one attached hydrogen (secondary N) is 3. The Morgan fingerprint density at radius 3 is 2.20 bits per heavy atom.